The van der Waals surface area contributed by atoms with Crippen molar-refractivity contribution in [3.8, 4) is 11.5 Å². The number of nitrogens with zero attached hydrogens (tertiary/aromatic N) is 2. The van der Waals surface area contributed by atoms with E-state index in [4.69, 9.17) is 9.47 Å². The van der Waals surface area contributed by atoms with Gasteiger partial charge in [0.1, 0.15) is 11.9 Å². The second kappa shape index (κ2) is 13.0. The number of aryl methyl sites for hydroxylation is 1. The summed E-state index contributed by atoms with van der Waals surface area (Å²) in [6.45, 7) is 7.34. The monoisotopic (exact) mass is 600 g/mol. The maximum atomic E-state index is 14.0. The number of unbranched alkanes of at least 4 members (excludes halogenated alkanes) is 3. The van der Waals surface area contributed by atoms with Gasteiger partial charge in [-0.25, -0.2) is 0 Å². The lowest BCUT2D eigenvalue weighted by molar-refractivity contribution is -0.143. The van der Waals surface area contributed by atoms with Crippen molar-refractivity contribution in [3.05, 3.63) is 59.2 Å². The number of amides is 1. The molecule has 0 radical (unpaired) electrons. The Kier molecular flexibility index (Phi) is 9.13. The van der Waals surface area contributed by atoms with Gasteiger partial charge < -0.3 is 14.4 Å². The van der Waals surface area contributed by atoms with Crippen LogP contribution in [0, 0.1) is 5.92 Å². The molecule has 2 aliphatic heterocycles. The average Bonchev–Trinajstić information content (AvgIpc) is 3.35. The van der Waals surface area contributed by atoms with Gasteiger partial charge in [0.25, 0.3) is 0 Å². The number of Topliss-reactive ketones (excluding diaryl/α,β-unsaturated/α-hetero) is 1. The quantitative estimate of drug-likeness (QED) is 0.159. The fourth-order valence-electron chi connectivity index (χ4n) is 9.00. The number of likely N-dealkylation sites (tertiary alicyclic amines) is 1. The number of benzene rings is 2. The second-order valence-corrected chi connectivity index (χ2v) is 13.5. The van der Waals surface area contributed by atoms with Gasteiger partial charge in [-0.1, -0.05) is 56.2 Å². The molecule has 0 aromatic heterocycles. The van der Waals surface area contributed by atoms with Crippen LogP contribution in [0.5, 0.6) is 11.5 Å². The predicted molar refractivity (Wildman–Crippen MR) is 170 cm³/mol. The molecule has 0 unspecified atom stereocenters. The Morgan fingerprint density at radius 3 is 2.59 bits per heavy atom. The van der Waals surface area contributed by atoms with Crippen molar-refractivity contribution in [2.24, 2.45) is 5.92 Å². The molecule has 7 heteroatoms. The second-order valence-electron chi connectivity index (χ2n) is 13.5. The minimum atomic E-state index is -0.359. The summed E-state index contributed by atoms with van der Waals surface area (Å²) in [5.41, 5.74) is 3.54. The molecular formula is C37H48N2O5. The Morgan fingerprint density at radius 2 is 1.84 bits per heavy atom. The van der Waals surface area contributed by atoms with E-state index >= 15 is 0 Å². The molecule has 1 spiro atoms. The molecular weight excluding hydrogens is 552 g/mol. The Balaban J connectivity index is 1.26. The predicted octanol–water partition coefficient (Wildman–Crippen LogP) is 6.04. The Morgan fingerprint density at radius 1 is 1.02 bits per heavy atom. The van der Waals surface area contributed by atoms with Crippen LogP contribution < -0.4 is 9.47 Å². The van der Waals surface area contributed by atoms with E-state index in [0.29, 0.717) is 30.4 Å². The van der Waals surface area contributed by atoms with Crippen molar-refractivity contribution in [2.75, 3.05) is 19.6 Å². The molecule has 2 heterocycles. The third kappa shape index (κ3) is 5.68. The summed E-state index contributed by atoms with van der Waals surface area (Å²) in [6.07, 6.45) is 10.0. The number of rotatable bonds is 13. The van der Waals surface area contributed by atoms with Crippen molar-refractivity contribution in [3.63, 3.8) is 0 Å². The van der Waals surface area contributed by atoms with E-state index in [1.165, 1.54) is 23.6 Å². The fraction of sp³-hybridized carbons (Fsp3) is 0.595. The van der Waals surface area contributed by atoms with E-state index in [0.717, 1.165) is 77.3 Å². The summed E-state index contributed by atoms with van der Waals surface area (Å²) >= 11 is 0. The number of hydrogen-bond donors (Lipinski definition) is 0. The van der Waals surface area contributed by atoms with E-state index in [1.54, 1.807) is 6.92 Å². The highest BCUT2D eigenvalue weighted by atomic mass is 16.6. The number of hydrogen-bond acceptors (Lipinski definition) is 6. The van der Waals surface area contributed by atoms with Crippen molar-refractivity contribution < 1.29 is 23.9 Å². The number of ketones is 1. The summed E-state index contributed by atoms with van der Waals surface area (Å²) in [6, 6.07) is 14.8. The van der Waals surface area contributed by atoms with Crippen LogP contribution in [-0.2, 0) is 32.6 Å². The lowest BCUT2D eigenvalue weighted by atomic mass is 9.51. The first-order chi connectivity index (χ1) is 21.3. The van der Waals surface area contributed by atoms with Gasteiger partial charge in [-0.05, 0) is 87.9 Å². The summed E-state index contributed by atoms with van der Waals surface area (Å²) in [7, 11) is 0. The van der Waals surface area contributed by atoms with E-state index in [9.17, 15) is 14.4 Å². The van der Waals surface area contributed by atoms with Crippen molar-refractivity contribution >= 4 is 17.7 Å². The molecule has 2 fully saturated rings. The highest BCUT2D eigenvalue weighted by molar-refractivity contribution is 5.78. The summed E-state index contributed by atoms with van der Waals surface area (Å²) < 4.78 is 12.7. The Hall–Kier alpha value is -3.19. The van der Waals surface area contributed by atoms with Crippen molar-refractivity contribution in [1.29, 1.82) is 0 Å². The van der Waals surface area contributed by atoms with Crippen LogP contribution in [0.1, 0.15) is 95.2 Å². The third-order valence-corrected chi connectivity index (χ3v) is 10.7. The Labute approximate surface area is 262 Å². The van der Waals surface area contributed by atoms with Gasteiger partial charge in [0.05, 0.1) is 12.6 Å². The van der Waals surface area contributed by atoms with Crippen LogP contribution in [0.2, 0.25) is 0 Å². The van der Waals surface area contributed by atoms with E-state index in [-0.39, 0.29) is 41.3 Å². The van der Waals surface area contributed by atoms with Gasteiger partial charge in [-0.3, -0.25) is 19.3 Å². The van der Waals surface area contributed by atoms with Gasteiger partial charge in [0.2, 0.25) is 5.91 Å². The number of esters is 1. The molecule has 44 heavy (non-hydrogen) atoms. The molecule has 1 saturated carbocycles. The van der Waals surface area contributed by atoms with Gasteiger partial charge >= 0.3 is 5.97 Å². The number of piperidine rings is 1. The van der Waals surface area contributed by atoms with Crippen molar-refractivity contribution in [2.45, 2.75) is 115 Å². The topological polar surface area (TPSA) is 76.2 Å². The van der Waals surface area contributed by atoms with Gasteiger partial charge in [0.15, 0.2) is 11.5 Å². The molecule has 236 valence electrons. The molecule has 5 atom stereocenters. The first-order valence-corrected chi connectivity index (χ1v) is 16.9. The zero-order valence-corrected chi connectivity index (χ0v) is 26.7. The fourth-order valence-corrected chi connectivity index (χ4v) is 9.00. The number of carbonyl (C=O) groups excluding carboxylic acids is 3. The molecule has 0 N–H and O–H groups in total. The summed E-state index contributed by atoms with van der Waals surface area (Å²) in [5, 5.41) is 0. The van der Waals surface area contributed by atoms with E-state index < -0.39 is 0 Å². The molecule has 1 amide bonds. The molecule has 2 aliphatic carbocycles. The van der Waals surface area contributed by atoms with Crippen LogP contribution in [-0.4, -0.2) is 65.3 Å². The maximum absolute atomic E-state index is 14.0. The molecule has 2 aromatic carbocycles. The van der Waals surface area contributed by atoms with E-state index in [2.05, 4.69) is 47.1 Å². The molecule has 4 aliphatic rings. The van der Waals surface area contributed by atoms with Gasteiger partial charge in [0, 0.05) is 36.9 Å². The van der Waals surface area contributed by atoms with Crippen molar-refractivity contribution in [1.82, 2.24) is 9.80 Å². The maximum Gasteiger partial charge on any atom is 0.308 e. The standard InChI is InChI=1S/C37H48N2O5/c1-4-5-21-39(33(42)15-11-7-10-14-27-12-8-6-9-13-27)30-18-17-29-31-23-28-16-19-32(43-26(3)41)35-34(28)37(29,36(30)44-35)20-22-38(31)24-25(2)40/h6,8-9,12-13,16,19,29-31,36H,4-5,7,10-11,14-15,17-18,20-24H2,1-3H3/t29-,30+,31+,36-,37-/m0/s1. The first kappa shape index (κ1) is 30.8. The van der Waals surface area contributed by atoms with Crippen LogP contribution in [0.15, 0.2) is 42.5 Å². The van der Waals surface area contributed by atoms with E-state index in [1.807, 2.05) is 12.1 Å². The normalized spacial score (nSPS) is 26.4. The SMILES string of the molecule is CCCCN(C(=O)CCCCCc1ccccc1)[C@@H]1CC[C@H]2[C@H]3Cc4ccc(OC(C)=O)c5c4[C@@]2(CCN3CC(C)=O)[C@H]1O5. The summed E-state index contributed by atoms with van der Waals surface area (Å²) in [5.74, 6) is 1.61. The average molecular weight is 601 g/mol. The lowest BCUT2D eigenvalue weighted by Crippen LogP contribution is -2.69. The third-order valence-electron chi connectivity index (χ3n) is 10.7. The van der Waals surface area contributed by atoms with Crippen LogP contribution >= 0.6 is 0 Å². The smallest absolute Gasteiger partial charge is 0.308 e. The van der Waals surface area contributed by atoms with Crippen LogP contribution in [0.4, 0.5) is 0 Å². The Bertz CT molecular complexity index is 1380. The van der Waals surface area contributed by atoms with Gasteiger partial charge in [-0.15, -0.1) is 0 Å². The molecule has 2 bridgehead atoms. The minimum Gasteiger partial charge on any atom is -0.483 e. The van der Waals surface area contributed by atoms with Crippen LogP contribution in [0.3, 0.4) is 0 Å². The van der Waals surface area contributed by atoms with Crippen LogP contribution in [0.25, 0.3) is 0 Å². The number of ether oxygens (including phenoxy) is 2. The highest BCUT2D eigenvalue weighted by Crippen LogP contribution is 2.64. The summed E-state index contributed by atoms with van der Waals surface area (Å²) in [4.78, 5) is 42.9. The van der Waals surface area contributed by atoms with Gasteiger partial charge in [-0.2, -0.15) is 0 Å². The first-order valence-electron chi connectivity index (χ1n) is 16.9. The number of carbonyl (C=O) groups is 3. The zero-order chi connectivity index (χ0) is 30.8. The molecule has 2 aromatic rings. The highest BCUT2D eigenvalue weighted by Gasteiger charge is 2.66. The molecule has 6 rings (SSSR count). The molecule has 7 nitrogen and oxygen atoms in total. The lowest BCUT2D eigenvalue weighted by Gasteiger charge is -2.60. The minimum absolute atomic E-state index is 0.0295. The molecule has 1 saturated heterocycles. The zero-order valence-electron chi connectivity index (χ0n) is 26.7. The largest absolute Gasteiger partial charge is 0.483 e.